The zero-order chi connectivity index (χ0) is 17.8. The molecule has 0 saturated carbocycles. The Hall–Kier alpha value is -1.79. The molecule has 128 valence electrons. The van der Waals surface area contributed by atoms with Crippen LogP contribution in [0.4, 0.5) is 11.5 Å². The predicted molar refractivity (Wildman–Crippen MR) is 109 cm³/mol. The minimum atomic E-state index is 0.409. The van der Waals surface area contributed by atoms with E-state index < -0.39 is 0 Å². The zero-order valence-corrected chi connectivity index (χ0v) is 15.9. The first-order valence-electron chi connectivity index (χ1n) is 7.30. The summed E-state index contributed by atoms with van der Waals surface area (Å²) in [5.41, 5.74) is 1.81. The Morgan fingerprint density at radius 1 is 1.00 bits per heavy atom. The molecule has 0 aliphatic rings. The molecule has 0 spiro atoms. The number of anilines is 2. The molecule has 1 heterocycles. The van der Waals surface area contributed by atoms with Gasteiger partial charge in [0.05, 0.1) is 16.6 Å². The summed E-state index contributed by atoms with van der Waals surface area (Å²) in [6, 6.07) is 14.7. The molecular weight excluding hydrogens is 399 g/mol. The number of nitrogens with one attached hydrogen (secondary N) is 2. The van der Waals surface area contributed by atoms with Crippen LogP contribution >= 0.6 is 47.0 Å². The van der Waals surface area contributed by atoms with E-state index in [-0.39, 0.29) is 0 Å². The second-order valence-electron chi connectivity index (χ2n) is 5.24. The van der Waals surface area contributed by atoms with E-state index in [4.69, 9.17) is 47.0 Å². The number of hydrogen-bond donors (Lipinski definition) is 2. The molecule has 3 aromatic rings. The van der Waals surface area contributed by atoms with Crippen molar-refractivity contribution in [1.82, 2.24) is 9.78 Å². The smallest absolute Gasteiger partial charge is 0.176 e. The summed E-state index contributed by atoms with van der Waals surface area (Å²) in [5, 5.41) is 12.6. The topological polar surface area (TPSA) is 41.9 Å². The number of nitrogens with zero attached hydrogens (tertiary/aromatic N) is 2. The molecule has 0 amide bonds. The first-order valence-corrected chi connectivity index (χ1v) is 8.85. The molecule has 25 heavy (non-hydrogen) atoms. The molecule has 0 unspecified atom stereocenters. The number of halogens is 3. The Labute approximate surface area is 165 Å². The van der Waals surface area contributed by atoms with E-state index in [0.717, 1.165) is 11.3 Å². The van der Waals surface area contributed by atoms with Gasteiger partial charge in [-0.05, 0) is 48.1 Å². The van der Waals surface area contributed by atoms with Gasteiger partial charge in [0, 0.05) is 23.0 Å². The number of rotatable bonds is 4. The molecule has 0 aliphatic carbocycles. The largest absolute Gasteiger partial charge is 0.332 e. The van der Waals surface area contributed by atoms with Gasteiger partial charge in [0.1, 0.15) is 0 Å². The maximum atomic E-state index is 6.00. The molecule has 0 fully saturated rings. The second-order valence-corrected chi connectivity index (χ2v) is 6.90. The Bertz CT molecular complexity index is 910. The number of hydrogen-bond acceptors (Lipinski definition) is 2. The van der Waals surface area contributed by atoms with Gasteiger partial charge in [-0.1, -0.05) is 46.9 Å². The summed E-state index contributed by atoms with van der Waals surface area (Å²) in [5.74, 6) is 0.639. The average Bonchev–Trinajstić information content (AvgIpc) is 2.98. The van der Waals surface area contributed by atoms with Crippen LogP contribution in [0.15, 0.2) is 54.7 Å². The van der Waals surface area contributed by atoms with Crippen LogP contribution in [0.2, 0.25) is 15.1 Å². The Morgan fingerprint density at radius 2 is 1.84 bits per heavy atom. The monoisotopic (exact) mass is 410 g/mol. The van der Waals surface area contributed by atoms with Crippen LogP contribution in [0.3, 0.4) is 0 Å². The third-order valence-corrected chi connectivity index (χ3v) is 4.47. The SMILES string of the molecule is S=C(Nc1ccc(Cl)c(Cl)c1)Nc1ccn(Cc2cccc(Cl)c2)n1. The third-order valence-electron chi connectivity index (χ3n) is 3.29. The van der Waals surface area contributed by atoms with Gasteiger partial charge in [-0.15, -0.1) is 0 Å². The molecule has 1 aromatic heterocycles. The lowest BCUT2D eigenvalue weighted by Gasteiger charge is -2.09. The van der Waals surface area contributed by atoms with E-state index in [1.807, 2.05) is 36.5 Å². The van der Waals surface area contributed by atoms with Crippen LogP contribution in [-0.2, 0) is 6.54 Å². The first-order chi connectivity index (χ1) is 12.0. The molecule has 2 N–H and O–H groups in total. The van der Waals surface area contributed by atoms with Crippen LogP contribution in [0.25, 0.3) is 0 Å². The van der Waals surface area contributed by atoms with Gasteiger partial charge in [-0.3, -0.25) is 4.68 Å². The van der Waals surface area contributed by atoms with E-state index in [1.165, 1.54) is 0 Å². The molecule has 0 atom stereocenters. The Balaban J connectivity index is 1.60. The predicted octanol–water partition coefficient (Wildman–Crippen LogP) is 5.70. The number of aromatic nitrogens is 2. The van der Waals surface area contributed by atoms with Crippen LogP contribution < -0.4 is 10.6 Å². The van der Waals surface area contributed by atoms with Crippen molar-refractivity contribution >= 4 is 63.6 Å². The van der Waals surface area contributed by atoms with Crippen molar-refractivity contribution in [3.05, 3.63) is 75.4 Å². The van der Waals surface area contributed by atoms with Crippen LogP contribution in [0.1, 0.15) is 5.56 Å². The fourth-order valence-corrected chi connectivity index (χ4v) is 2.92. The van der Waals surface area contributed by atoms with E-state index in [1.54, 1.807) is 22.9 Å². The lowest BCUT2D eigenvalue weighted by Crippen LogP contribution is -2.19. The van der Waals surface area contributed by atoms with E-state index >= 15 is 0 Å². The molecule has 0 aliphatic heterocycles. The maximum absolute atomic E-state index is 6.00. The Morgan fingerprint density at radius 3 is 2.60 bits per heavy atom. The van der Waals surface area contributed by atoms with Crippen molar-refractivity contribution < 1.29 is 0 Å². The van der Waals surface area contributed by atoms with Crippen molar-refractivity contribution in [1.29, 1.82) is 0 Å². The van der Waals surface area contributed by atoms with Crippen LogP contribution in [0, 0.1) is 0 Å². The molecule has 4 nitrogen and oxygen atoms in total. The normalized spacial score (nSPS) is 10.5. The fraction of sp³-hybridized carbons (Fsp3) is 0.0588. The van der Waals surface area contributed by atoms with Gasteiger partial charge in [0.15, 0.2) is 10.9 Å². The van der Waals surface area contributed by atoms with Gasteiger partial charge >= 0.3 is 0 Å². The molecular formula is C17H13Cl3N4S. The number of benzene rings is 2. The first kappa shape index (κ1) is 18.0. The van der Waals surface area contributed by atoms with E-state index in [0.29, 0.717) is 32.5 Å². The average molecular weight is 412 g/mol. The zero-order valence-electron chi connectivity index (χ0n) is 12.8. The van der Waals surface area contributed by atoms with Crippen molar-refractivity contribution in [2.75, 3.05) is 10.6 Å². The lowest BCUT2D eigenvalue weighted by molar-refractivity contribution is 0.690. The number of thiocarbonyl (C=S) groups is 1. The van der Waals surface area contributed by atoms with Crippen LogP contribution in [0.5, 0.6) is 0 Å². The molecule has 0 bridgehead atoms. The van der Waals surface area contributed by atoms with Crippen molar-refractivity contribution in [3.8, 4) is 0 Å². The maximum Gasteiger partial charge on any atom is 0.176 e. The standard InChI is InChI=1S/C17H13Cl3N4S/c18-12-3-1-2-11(8-12)10-24-7-6-16(23-24)22-17(25)21-13-4-5-14(19)15(20)9-13/h1-9H,10H2,(H2,21,22,23,25). The highest BCUT2D eigenvalue weighted by atomic mass is 35.5. The van der Waals surface area contributed by atoms with Crippen molar-refractivity contribution in [2.24, 2.45) is 0 Å². The molecule has 8 heteroatoms. The highest BCUT2D eigenvalue weighted by molar-refractivity contribution is 7.80. The Kier molecular flexibility index (Phi) is 5.81. The highest BCUT2D eigenvalue weighted by Gasteiger charge is 2.05. The third kappa shape index (κ3) is 5.09. The van der Waals surface area contributed by atoms with Crippen molar-refractivity contribution in [2.45, 2.75) is 6.54 Å². The van der Waals surface area contributed by atoms with E-state index in [2.05, 4.69) is 15.7 Å². The minimum absolute atomic E-state index is 0.409. The summed E-state index contributed by atoms with van der Waals surface area (Å²) < 4.78 is 1.80. The summed E-state index contributed by atoms with van der Waals surface area (Å²) in [7, 11) is 0. The molecule has 0 saturated heterocycles. The molecule has 3 rings (SSSR count). The highest BCUT2D eigenvalue weighted by Crippen LogP contribution is 2.25. The van der Waals surface area contributed by atoms with Gasteiger partial charge in [-0.25, -0.2) is 0 Å². The van der Waals surface area contributed by atoms with Crippen LogP contribution in [-0.4, -0.2) is 14.9 Å². The minimum Gasteiger partial charge on any atom is -0.332 e. The fourth-order valence-electron chi connectivity index (χ4n) is 2.19. The quantitative estimate of drug-likeness (QED) is 0.540. The van der Waals surface area contributed by atoms with Gasteiger partial charge in [-0.2, -0.15) is 5.10 Å². The van der Waals surface area contributed by atoms with Gasteiger partial charge in [0.2, 0.25) is 0 Å². The summed E-state index contributed by atoms with van der Waals surface area (Å²) >= 11 is 23.2. The van der Waals surface area contributed by atoms with Gasteiger partial charge in [0.25, 0.3) is 0 Å². The summed E-state index contributed by atoms with van der Waals surface area (Å²) in [4.78, 5) is 0. The molecule has 2 aromatic carbocycles. The van der Waals surface area contributed by atoms with Gasteiger partial charge < -0.3 is 10.6 Å². The lowest BCUT2D eigenvalue weighted by atomic mass is 10.2. The second kappa shape index (κ2) is 8.06. The molecule has 0 radical (unpaired) electrons. The summed E-state index contributed by atoms with van der Waals surface area (Å²) in [6.07, 6.45) is 1.87. The summed E-state index contributed by atoms with van der Waals surface area (Å²) in [6.45, 7) is 0.620. The van der Waals surface area contributed by atoms with E-state index in [9.17, 15) is 0 Å². The van der Waals surface area contributed by atoms with Crippen molar-refractivity contribution in [3.63, 3.8) is 0 Å².